The smallest absolute Gasteiger partial charge is 0.460 e. The number of halogens is 9. The highest BCUT2D eigenvalue weighted by Gasteiger charge is 2.81. The molecule has 0 radical (unpaired) electrons. The lowest BCUT2D eigenvalue weighted by Gasteiger charge is -2.33. The minimum Gasteiger partial charge on any atom is -0.494 e. The molecule has 234 valence electrons. The van der Waals surface area contributed by atoms with Gasteiger partial charge in [0.05, 0.1) is 19.3 Å². The zero-order chi connectivity index (χ0) is 31.5. The molecule has 0 unspecified atom stereocenters. The summed E-state index contributed by atoms with van der Waals surface area (Å²) in [6.45, 7) is 11.7. The maximum Gasteiger partial charge on any atom is 0.460 e. The highest BCUT2D eigenvalue weighted by Crippen LogP contribution is 2.54. The monoisotopic (exact) mass is 602 g/mol. The van der Waals surface area contributed by atoms with Crippen molar-refractivity contribution in [1.29, 1.82) is 0 Å². The first kappa shape index (κ1) is 36.6. The lowest BCUT2D eigenvalue weighted by atomic mass is 10.00. The van der Waals surface area contributed by atoms with E-state index in [9.17, 15) is 39.5 Å². The van der Waals surface area contributed by atoms with Crippen LogP contribution in [0.15, 0.2) is 61.2 Å². The Morgan fingerprint density at radius 3 is 1.90 bits per heavy atom. The molecule has 4 atom stereocenters. The Labute approximate surface area is 236 Å². The molecule has 0 aromatic heterocycles. The van der Waals surface area contributed by atoms with Gasteiger partial charge in [-0.3, -0.25) is 0 Å². The van der Waals surface area contributed by atoms with E-state index in [1.165, 1.54) is 12.1 Å². The van der Waals surface area contributed by atoms with Gasteiger partial charge in [0.2, 0.25) is 0 Å². The number of benzene rings is 1. The molecule has 2 nitrogen and oxygen atoms in total. The predicted molar refractivity (Wildman–Crippen MR) is 142 cm³/mol. The fourth-order valence-corrected chi connectivity index (χ4v) is 3.47. The Balaban J connectivity index is 2.47. The van der Waals surface area contributed by atoms with Crippen LogP contribution in [0.5, 0.6) is 5.75 Å². The molecule has 0 N–H and O–H groups in total. The van der Waals surface area contributed by atoms with Gasteiger partial charge in [0.25, 0.3) is 0 Å². The normalized spacial score (nSPS) is 16.6. The second kappa shape index (κ2) is 15.7. The zero-order valence-electron chi connectivity index (χ0n) is 23.7. The summed E-state index contributed by atoms with van der Waals surface area (Å²) in [5.41, 5.74) is 0.772. The van der Waals surface area contributed by atoms with Gasteiger partial charge in [-0.05, 0) is 61.6 Å². The Bertz CT molecular complexity index is 969. The van der Waals surface area contributed by atoms with E-state index >= 15 is 0 Å². The summed E-state index contributed by atoms with van der Waals surface area (Å²) in [5.74, 6) is -17.9. The summed E-state index contributed by atoms with van der Waals surface area (Å²) in [5, 5.41) is 0. The topological polar surface area (TPSA) is 18.5 Å². The average molecular weight is 603 g/mol. The third-order valence-corrected chi connectivity index (χ3v) is 6.61. The number of alkyl halides is 9. The molecule has 0 aliphatic rings. The van der Waals surface area contributed by atoms with Gasteiger partial charge < -0.3 is 9.47 Å². The summed E-state index contributed by atoms with van der Waals surface area (Å²) >= 11 is 0. The van der Waals surface area contributed by atoms with E-state index in [0.717, 1.165) is 18.4 Å². The Morgan fingerprint density at radius 2 is 1.34 bits per heavy atom. The molecule has 1 aromatic carbocycles. The Hall–Kier alpha value is -2.43. The van der Waals surface area contributed by atoms with Crippen molar-refractivity contribution in [2.45, 2.75) is 90.0 Å². The largest absolute Gasteiger partial charge is 0.494 e. The van der Waals surface area contributed by atoms with Crippen molar-refractivity contribution in [2.75, 3.05) is 6.61 Å². The van der Waals surface area contributed by atoms with Gasteiger partial charge in [-0.2, -0.15) is 39.5 Å². The zero-order valence-corrected chi connectivity index (χ0v) is 23.7. The highest BCUT2D eigenvalue weighted by molar-refractivity contribution is 5.26. The van der Waals surface area contributed by atoms with Crippen LogP contribution in [0.25, 0.3) is 0 Å². The maximum atomic E-state index is 13.6. The quantitative estimate of drug-likeness (QED) is 0.0946. The van der Waals surface area contributed by atoms with Crippen LogP contribution in [0.2, 0.25) is 0 Å². The molecule has 1 aromatic rings. The van der Waals surface area contributed by atoms with E-state index in [-0.39, 0.29) is 24.4 Å². The lowest BCUT2D eigenvalue weighted by molar-refractivity contribution is -0.396. The fraction of sp³-hybridized carbons (Fsp3) is 0.600. The van der Waals surface area contributed by atoms with Gasteiger partial charge >= 0.3 is 23.9 Å². The fourth-order valence-electron chi connectivity index (χ4n) is 3.47. The Morgan fingerprint density at radius 1 is 0.780 bits per heavy atom. The van der Waals surface area contributed by atoms with Gasteiger partial charge in [0.1, 0.15) is 5.75 Å². The summed E-state index contributed by atoms with van der Waals surface area (Å²) in [6.07, 6.45) is 2.65. The molecule has 0 aliphatic carbocycles. The summed E-state index contributed by atoms with van der Waals surface area (Å²) in [6, 6.07) is 6.22. The average Bonchev–Trinajstić information content (AvgIpc) is 2.89. The number of ether oxygens (including phenoxy) is 2. The molecule has 11 heteroatoms. The Kier molecular flexibility index (Phi) is 14.0. The highest BCUT2D eigenvalue weighted by atomic mass is 19.4. The van der Waals surface area contributed by atoms with Crippen LogP contribution in [-0.4, -0.2) is 36.7 Å². The van der Waals surface area contributed by atoms with Gasteiger partial charge in [-0.15, -0.1) is 6.58 Å². The summed E-state index contributed by atoms with van der Waals surface area (Å²) in [7, 11) is 0. The van der Waals surface area contributed by atoms with Crippen LogP contribution in [0.1, 0.15) is 58.9 Å². The SMILES string of the molecule is C=C[C@@H](C)C/C=C/[C@H](C)C/C=C/[C@H](C)[C@H](C)OCc1ccc(OCCCC(F)(F)C(F)(F)C(F)(F)C(F)(F)F)cc1. The molecule has 41 heavy (non-hydrogen) atoms. The van der Waals surface area contributed by atoms with E-state index < -0.39 is 43.4 Å². The third kappa shape index (κ3) is 11.1. The maximum absolute atomic E-state index is 13.6. The second-order valence-corrected chi connectivity index (χ2v) is 10.3. The van der Waals surface area contributed by atoms with Gasteiger partial charge in [-0.1, -0.05) is 63.3 Å². The molecule has 0 fully saturated rings. The molecular formula is C30H39F9O2. The molecule has 0 bridgehead atoms. The number of hydrogen-bond donors (Lipinski definition) is 0. The number of rotatable bonds is 18. The van der Waals surface area contributed by atoms with Crippen LogP contribution in [-0.2, 0) is 11.3 Å². The minimum absolute atomic E-state index is 0.0917. The van der Waals surface area contributed by atoms with Crippen LogP contribution in [0, 0.1) is 17.8 Å². The number of allylic oxidation sites excluding steroid dienone is 4. The van der Waals surface area contributed by atoms with Crippen molar-refractivity contribution < 1.29 is 49.0 Å². The minimum atomic E-state index is -6.88. The first-order chi connectivity index (χ1) is 18.9. The standard InChI is InChI=1S/C30H39F9O2/c1-6-21(2)10-7-11-22(3)12-8-13-23(4)24(5)41-20-25-14-16-26(17-15-25)40-19-9-18-27(31,32)28(33,34)29(35,36)30(37,38)39/h6-8,11,13-17,21-24H,1,9-10,12,18-20H2,2-5H3/b11-7+,13-8+/t21-,22+,23+,24+/m1/s1. The van der Waals surface area contributed by atoms with Crippen molar-refractivity contribution in [2.24, 2.45) is 17.8 Å². The van der Waals surface area contributed by atoms with E-state index in [1.54, 1.807) is 12.1 Å². The van der Waals surface area contributed by atoms with Crippen molar-refractivity contribution >= 4 is 0 Å². The number of hydrogen-bond acceptors (Lipinski definition) is 2. The summed E-state index contributed by atoms with van der Waals surface area (Å²) in [4.78, 5) is 0. The van der Waals surface area contributed by atoms with Crippen LogP contribution in [0.4, 0.5) is 39.5 Å². The molecule has 0 spiro atoms. The van der Waals surface area contributed by atoms with E-state index in [4.69, 9.17) is 9.47 Å². The van der Waals surface area contributed by atoms with Crippen molar-refractivity contribution in [3.8, 4) is 5.75 Å². The second-order valence-electron chi connectivity index (χ2n) is 10.3. The van der Waals surface area contributed by atoms with Gasteiger partial charge in [0, 0.05) is 6.42 Å². The molecule has 0 amide bonds. The lowest BCUT2D eigenvalue weighted by Crippen LogP contribution is -2.60. The first-order valence-electron chi connectivity index (χ1n) is 13.3. The molecule has 1 rings (SSSR count). The van der Waals surface area contributed by atoms with E-state index in [1.807, 2.05) is 19.9 Å². The van der Waals surface area contributed by atoms with Gasteiger partial charge in [-0.25, -0.2) is 0 Å². The van der Waals surface area contributed by atoms with Crippen molar-refractivity contribution in [1.82, 2.24) is 0 Å². The predicted octanol–water partition coefficient (Wildman–Crippen LogP) is 10.2. The van der Waals surface area contributed by atoms with Crippen molar-refractivity contribution in [3.63, 3.8) is 0 Å². The summed E-state index contributed by atoms with van der Waals surface area (Å²) < 4.78 is 127. The molecule has 0 heterocycles. The molecule has 0 saturated carbocycles. The van der Waals surface area contributed by atoms with Gasteiger partial charge in [0.15, 0.2) is 0 Å². The van der Waals surface area contributed by atoms with Crippen LogP contribution in [0.3, 0.4) is 0 Å². The van der Waals surface area contributed by atoms with E-state index in [2.05, 4.69) is 44.7 Å². The van der Waals surface area contributed by atoms with E-state index in [0.29, 0.717) is 11.8 Å². The molecule has 0 aliphatic heterocycles. The molecular weight excluding hydrogens is 563 g/mol. The molecule has 0 saturated heterocycles. The van der Waals surface area contributed by atoms with Crippen LogP contribution >= 0.6 is 0 Å². The van der Waals surface area contributed by atoms with Crippen LogP contribution < -0.4 is 4.74 Å². The van der Waals surface area contributed by atoms with Crippen molar-refractivity contribution in [3.05, 3.63) is 66.8 Å². The third-order valence-electron chi connectivity index (χ3n) is 6.61. The first-order valence-corrected chi connectivity index (χ1v) is 13.3.